The van der Waals surface area contributed by atoms with E-state index in [2.05, 4.69) is 10.6 Å². The van der Waals surface area contributed by atoms with Crippen LogP contribution in [-0.2, 0) is 0 Å². The van der Waals surface area contributed by atoms with Gasteiger partial charge in [0, 0.05) is 18.0 Å². The Hall–Kier alpha value is -1.81. The molecule has 2 aromatic rings. The molecule has 2 N–H and O–H groups in total. The van der Waals surface area contributed by atoms with Crippen LogP contribution in [0.2, 0.25) is 0 Å². The van der Waals surface area contributed by atoms with Gasteiger partial charge in [0.2, 0.25) is 0 Å². The minimum Gasteiger partial charge on any atom is -0.421 e. The van der Waals surface area contributed by atoms with Crippen molar-refractivity contribution in [3.05, 3.63) is 40.8 Å². The number of fused-ring (bicyclic) bond motifs is 1. The lowest BCUT2D eigenvalue weighted by atomic mass is 10.2. The van der Waals surface area contributed by atoms with Gasteiger partial charge in [0.25, 0.3) is 0 Å². The van der Waals surface area contributed by atoms with Gasteiger partial charge in [-0.25, -0.2) is 4.79 Å². The lowest BCUT2D eigenvalue weighted by Gasteiger charge is -2.11. The predicted molar refractivity (Wildman–Crippen MR) is 67.4 cm³/mol. The van der Waals surface area contributed by atoms with Crippen LogP contribution in [0.5, 0.6) is 0 Å². The van der Waals surface area contributed by atoms with E-state index in [1.54, 1.807) is 6.07 Å². The fourth-order valence-corrected chi connectivity index (χ4v) is 2.16. The number of nitrogens with one attached hydrogen (secondary N) is 2. The molecule has 0 spiro atoms. The van der Waals surface area contributed by atoms with E-state index in [1.807, 2.05) is 24.3 Å². The quantitative estimate of drug-likeness (QED) is 0.769. The molecule has 0 aliphatic carbocycles. The van der Waals surface area contributed by atoms with E-state index in [0.717, 1.165) is 24.9 Å². The molecule has 2 heterocycles. The third kappa shape index (κ3) is 2.03. The number of hydrogen-bond acceptors (Lipinski definition) is 4. The maximum atomic E-state index is 11.8. The summed E-state index contributed by atoms with van der Waals surface area (Å²) in [6.07, 6.45) is 1.03. The van der Waals surface area contributed by atoms with Gasteiger partial charge >= 0.3 is 5.63 Å². The monoisotopic (exact) mass is 230 g/mol. The first kappa shape index (κ1) is 10.4. The minimum absolute atomic E-state index is 0.296. The van der Waals surface area contributed by atoms with Crippen molar-refractivity contribution in [2.75, 3.05) is 18.4 Å². The largest absolute Gasteiger partial charge is 0.421 e. The van der Waals surface area contributed by atoms with Gasteiger partial charge in [0.15, 0.2) is 0 Å². The Morgan fingerprint density at radius 2 is 2.24 bits per heavy atom. The van der Waals surface area contributed by atoms with E-state index >= 15 is 0 Å². The third-order valence-electron chi connectivity index (χ3n) is 3.06. The van der Waals surface area contributed by atoms with E-state index in [1.165, 1.54) is 0 Å². The van der Waals surface area contributed by atoms with E-state index in [-0.39, 0.29) is 5.63 Å². The van der Waals surface area contributed by atoms with E-state index < -0.39 is 0 Å². The summed E-state index contributed by atoms with van der Waals surface area (Å²) in [5, 5.41) is 7.43. The van der Waals surface area contributed by atoms with Crippen molar-refractivity contribution < 1.29 is 4.42 Å². The summed E-state index contributed by atoms with van der Waals surface area (Å²) < 4.78 is 5.26. The molecule has 3 rings (SSSR count). The average molecular weight is 230 g/mol. The molecule has 0 radical (unpaired) electrons. The average Bonchev–Trinajstić information content (AvgIpc) is 2.83. The molecule has 0 saturated carbocycles. The number of para-hydroxylation sites is 1. The highest BCUT2D eigenvalue weighted by Gasteiger charge is 2.15. The third-order valence-corrected chi connectivity index (χ3v) is 3.06. The minimum atomic E-state index is -0.296. The normalized spacial score (nSPS) is 19.6. The highest BCUT2D eigenvalue weighted by molar-refractivity contribution is 5.79. The van der Waals surface area contributed by atoms with Gasteiger partial charge in [0.05, 0.1) is 0 Å². The summed E-state index contributed by atoms with van der Waals surface area (Å²) in [7, 11) is 0. The molecule has 17 heavy (non-hydrogen) atoms. The van der Waals surface area contributed by atoms with Gasteiger partial charge in [-0.1, -0.05) is 18.2 Å². The van der Waals surface area contributed by atoms with Crippen LogP contribution in [0.3, 0.4) is 0 Å². The maximum Gasteiger partial charge on any atom is 0.359 e. The SMILES string of the molecule is O=c1oc2ccccc2cc1N[C@@H]1CCNC1. The van der Waals surface area contributed by atoms with Gasteiger partial charge in [-0.05, 0) is 25.1 Å². The highest BCUT2D eigenvalue weighted by Crippen LogP contribution is 2.16. The molecule has 0 amide bonds. The fourth-order valence-electron chi connectivity index (χ4n) is 2.16. The lowest BCUT2D eigenvalue weighted by Crippen LogP contribution is -2.25. The van der Waals surface area contributed by atoms with Crippen LogP contribution in [0.15, 0.2) is 39.5 Å². The Balaban J connectivity index is 1.98. The Kier molecular flexibility index (Phi) is 2.57. The molecular formula is C13H14N2O2. The van der Waals surface area contributed by atoms with Gasteiger partial charge in [-0.2, -0.15) is 0 Å². The number of rotatable bonds is 2. The van der Waals surface area contributed by atoms with Crippen molar-refractivity contribution in [3.63, 3.8) is 0 Å². The van der Waals surface area contributed by atoms with Crippen molar-refractivity contribution in [2.45, 2.75) is 12.5 Å². The predicted octanol–water partition coefficient (Wildman–Crippen LogP) is 1.57. The number of benzene rings is 1. The van der Waals surface area contributed by atoms with Gasteiger partial charge in [-0.3, -0.25) is 0 Å². The van der Waals surface area contributed by atoms with Crippen LogP contribution in [0.25, 0.3) is 11.0 Å². The zero-order chi connectivity index (χ0) is 11.7. The maximum absolute atomic E-state index is 11.8. The second kappa shape index (κ2) is 4.22. The molecule has 4 heteroatoms. The van der Waals surface area contributed by atoms with Gasteiger partial charge < -0.3 is 15.1 Å². The van der Waals surface area contributed by atoms with Crippen molar-refractivity contribution in [1.82, 2.24) is 5.32 Å². The van der Waals surface area contributed by atoms with Crippen LogP contribution < -0.4 is 16.3 Å². The van der Waals surface area contributed by atoms with Crippen LogP contribution >= 0.6 is 0 Å². The van der Waals surface area contributed by atoms with Gasteiger partial charge in [0.1, 0.15) is 11.3 Å². The molecule has 1 aromatic carbocycles. The summed E-state index contributed by atoms with van der Waals surface area (Å²) in [6, 6.07) is 9.72. The van der Waals surface area contributed by atoms with Crippen LogP contribution in [0, 0.1) is 0 Å². The summed E-state index contributed by atoms with van der Waals surface area (Å²) >= 11 is 0. The fraction of sp³-hybridized carbons (Fsp3) is 0.308. The van der Waals surface area contributed by atoms with Crippen LogP contribution in [0.4, 0.5) is 5.69 Å². The smallest absolute Gasteiger partial charge is 0.359 e. The topological polar surface area (TPSA) is 54.3 Å². The Morgan fingerprint density at radius 1 is 1.35 bits per heavy atom. The van der Waals surface area contributed by atoms with E-state index in [4.69, 9.17) is 4.42 Å². The van der Waals surface area contributed by atoms with Crippen molar-refractivity contribution in [3.8, 4) is 0 Å². The second-order valence-corrected chi connectivity index (χ2v) is 4.32. The molecule has 4 nitrogen and oxygen atoms in total. The molecule has 1 saturated heterocycles. The molecular weight excluding hydrogens is 216 g/mol. The standard InChI is InChI=1S/C13H14N2O2/c16-13-11(15-10-5-6-14-8-10)7-9-3-1-2-4-12(9)17-13/h1-4,7,10,14-15H,5-6,8H2/t10-/m1/s1. The lowest BCUT2D eigenvalue weighted by molar-refractivity contribution is 0.561. The number of anilines is 1. The first-order valence-corrected chi connectivity index (χ1v) is 5.83. The zero-order valence-electron chi connectivity index (χ0n) is 9.40. The molecule has 1 aromatic heterocycles. The van der Waals surface area contributed by atoms with Crippen molar-refractivity contribution in [1.29, 1.82) is 0 Å². The zero-order valence-corrected chi connectivity index (χ0v) is 9.40. The molecule has 0 bridgehead atoms. The highest BCUT2D eigenvalue weighted by atomic mass is 16.4. The number of hydrogen-bond donors (Lipinski definition) is 2. The molecule has 0 unspecified atom stereocenters. The molecule has 1 aliphatic rings. The van der Waals surface area contributed by atoms with Crippen molar-refractivity contribution >= 4 is 16.7 Å². The summed E-state index contributed by atoms with van der Waals surface area (Å²) in [4.78, 5) is 11.8. The van der Waals surface area contributed by atoms with Gasteiger partial charge in [-0.15, -0.1) is 0 Å². The van der Waals surface area contributed by atoms with Crippen LogP contribution in [0.1, 0.15) is 6.42 Å². The second-order valence-electron chi connectivity index (χ2n) is 4.32. The Bertz CT molecular complexity index is 585. The molecule has 1 aliphatic heterocycles. The van der Waals surface area contributed by atoms with E-state index in [9.17, 15) is 4.79 Å². The summed E-state index contributed by atoms with van der Waals surface area (Å²) in [5.74, 6) is 0. The molecule has 88 valence electrons. The van der Waals surface area contributed by atoms with E-state index in [0.29, 0.717) is 17.3 Å². The Morgan fingerprint density at radius 3 is 3.06 bits per heavy atom. The summed E-state index contributed by atoms with van der Waals surface area (Å²) in [6.45, 7) is 1.89. The summed E-state index contributed by atoms with van der Waals surface area (Å²) in [5.41, 5.74) is 0.889. The van der Waals surface area contributed by atoms with Crippen LogP contribution in [-0.4, -0.2) is 19.1 Å². The Labute approximate surface area is 98.6 Å². The first-order valence-electron chi connectivity index (χ1n) is 5.83. The van der Waals surface area contributed by atoms with Crippen molar-refractivity contribution in [2.24, 2.45) is 0 Å². The molecule has 1 fully saturated rings. The first-order chi connectivity index (χ1) is 8.33. The molecule has 1 atom stereocenters.